The van der Waals surface area contributed by atoms with Crippen LogP contribution >= 0.6 is 0 Å². The number of carbonyl (C=O) groups is 1. The van der Waals surface area contributed by atoms with Crippen molar-refractivity contribution >= 4 is 5.97 Å². The average molecular weight is 247 g/mol. The molecule has 6 heteroatoms. The minimum Gasteiger partial charge on any atom is -0.460 e. The number of aryl methyl sites for hydroxylation is 1. The van der Waals surface area contributed by atoms with Gasteiger partial charge in [-0.05, 0) is 31.5 Å². The van der Waals surface area contributed by atoms with Crippen molar-refractivity contribution in [1.29, 1.82) is 0 Å². The van der Waals surface area contributed by atoms with Crippen LogP contribution in [0.1, 0.15) is 23.1 Å². The van der Waals surface area contributed by atoms with E-state index in [1.165, 1.54) is 0 Å². The van der Waals surface area contributed by atoms with Crippen molar-refractivity contribution < 1.29 is 9.53 Å². The van der Waals surface area contributed by atoms with Crippen LogP contribution in [0.5, 0.6) is 0 Å². The number of carbonyl (C=O) groups excluding carboxylic acids is 1. The molecule has 0 aliphatic carbocycles. The molecule has 0 unspecified atom stereocenters. The van der Waals surface area contributed by atoms with Crippen molar-refractivity contribution in [3.63, 3.8) is 0 Å². The molecular weight excluding hydrogens is 234 g/mol. The van der Waals surface area contributed by atoms with Gasteiger partial charge in [0, 0.05) is 0 Å². The van der Waals surface area contributed by atoms with E-state index in [9.17, 15) is 9.59 Å². The second-order valence-electron chi connectivity index (χ2n) is 3.75. The Labute approximate surface area is 103 Å². The van der Waals surface area contributed by atoms with Gasteiger partial charge in [0.25, 0.3) is 0 Å². The van der Waals surface area contributed by atoms with Crippen LogP contribution in [-0.2, 0) is 4.74 Å². The molecule has 0 amide bonds. The summed E-state index contributed by atoms with van der Waals surface area (Å²) in [6.07, 6.45) is 0. The number of benzene rings is 1. The zero-order chi connectivity index (χ0) is 13.1. The first-order chi connectivity index (χ1) is 8.61. The van der Waals surface area contributed by atoms with Gasteiger partial charge in [-0.15, -0.1) is 5.10 Å². The zero-order valence-corrected chi connectivity index (χ0v) is 10.1. The quantitative estimate of drug-likeness (QED) is 0.822. The first kappa shape index (κ1) is 12.1. The summed E-state index contributed by atoms with van der Waals surface area (Å²) in [5.74, 6) is -0.732. The number of ether oxygens (including phenoxy) is 1. The first-order valence-corrected chi connectivity index (χ1v) is 5.55. The van der Waals surface area contributed by atoms with Crippen LogP contribution in [0, 0.1) is 6.92 Å². The van der Waals surface area contributed by atoms with E-state index in [1.54, 1.807) is 19.1 Å². The fourth-order valence-corrected chi connectivity index (χ4v) is 1.55. The maximum atomic E-state index is 11.7. The second-order valence-corrected chi connectivity index (χ2v) is 3.75. The molecule has 0 saturated heterocycles. The third-order valence-electron chi connectivity index (χ3n) is 2.33. The molecule has 0 bridgehead atoms. The van der Waals surface area contributed by atoms with Crippen molar-refractivity contribution in [3.05, 3.63) is 46.1 Å². The third kappa shape index (κ3) is 2.32. The molecule has 0 aliphatic rings. The number of H-pyrrole nitrogens is 1. The number of rotatable bonds is 3. The van der Waals surface area contributed by atoms with Gasteiger partial charge in [-0.2, -0.15) is 4.68 Å². The molecule has 2 rings (SSSR count). The number of nitrogens with zero attached hydrogens (tertiary/aromatic N) is 2. The van der Waals surface area contributed by atoms with E-state index < -0.39 is 11.7 Å². The molecule has 18 heavy (non-hydrogen) atoms. The molecule has 0 radical (unpaired) electrons. The summed E-state index contributed by atoms with van der Waals surface area (Å²) in [7, 11) is 0. The normalized spacial score (nSPS) is 10.3. The minimum absolute atomic E-state index is 0.0941. The number of esters is 1. The highest BCUT2D eigenvalue weighted by Crippen LogP contribution is 2.06. The van der Waals surface area contributed by atoms with Gasteiger partial charge in [0.05, 0.1) is 12.3 Å². The van der Waals surface area contributed by atoms with Crippen LogP contribution in [0.25, 0.3) is 5.69 Å². The maximum Gasteiger partial charge on any atom is 0.376 e. The molecule has 0 spiro atoms. The molecule has 0 saturated carbocycles. The van der Waals surface area contributed by atoms with Gasteiger partial charge in [-0.3, -0.25) is 4.98 Å². The lowest BCUT2D eigenvalue weighted by Crippen LogP contribution is -2.15. The molecule has 2 aromatic rings. The molecule has 1 aromatic carbocycles. The maximum absolute atomic E-state index is 11.7. The van der Waals surface area contributed by atoms with Crippen LogP contribution < -0.4 is 5.69 Å². The predicted octanol–water partition coefficient (Wildman–Crippen LogP) is 1.05. The van der Waals surface area contributed by atoms with Gasteiger partial charge in [0.1, 0.15) is 0 Å². The van der Waals surface area contributed by atoms with Crippen LogP contribution in [-0.4, -0.2) is 27.3 Å². The lowest BCUT2D eigenvalue weighted by molar-refractivity contribution is 0.0512. The fourth-order valence-electron chi connectivity index (χ4n) is 1.55. The highest BCUT2D eigenvalue weighted by Gasteiger charge is 2.14. The van der Waals surface area contributed by atoms with Gasteiger partial charge in [0.15, 0.2) is 0 Å². The average Bonchev–Trinajstić information content (AvgIpc) is 2.72. The Morgan fingerprint density at radius 2 is 2.28 bits per heavy atom. The monoisotopic (exact) mass is 247 g/mol. The summed E-state index contributed by atoms with van der Waals surface area (Å²) in [5.41, 5.74) is 1.13. The van der Waals surface area contributed by atoms with Crippen LogP contribution in [0.3, 0.4) is 0 Å². The van der Waals surface area contributed by atoms with Gasteiger partial charge in [-0.1, -0.05) is 12.1 Å². The number of hydrogen-bond donors (Lipinski definition) is 1. The van der Waals surface area contributed by atoms with E-state index in [4.69, 9.17) is 4.74 Å². The highest BCUT2D eigenvalue weighted by molar-refractivity contribution is 5.84. The molecule has 1 aromatic heterocycles. The Morgan fingerprint density at radius 1 is 1.50 bits per heavy atom. The largest absolute Gasteiger partial charge is 0.460 e. The van der Waals surface area contributed by atoms with Crippen LogP contribution in [0.15, 0.2) is 29.1 Å². The first-order valence-electron chi connectivity index (χ1n) is 5.55. The molecule has 0 fully saturated rings. The summed E-state index contributed by atoms with van der Waals surface area (Å²) in [5, 5.41) is 3.91. The Kier molecular flexibility index (Phi) is 3.27. The topological polar surface area (TPSA) is 77.0 Å². The van der Waals surface area contributed by atoms with Gasteiger partial charge in [0.2, 0.25) is 5.82 Å². The third-order valence-corrected chi connectivity index (χ3v) is 2.33. The van der Waals surface area contributed by atoms with E-state index in [0.717, 1.165) is 10.2 Å². The van der Waals surface area contributed by atoms with Crippen molar-refractivity contribution in [2.75, 3.05) is 6.61 Å². The second kappa shape index (κ2) is 4.87. The Hall–Kier alpha value is -2.37. The summed E-state index contributed by atoms with van der Waals surface area (Å²) >= 11 is 0. The van der Waals surface area contributed by atoms with E-state index in [1.807, 2.05) is 19.1 Å². The molecule has 6 nitrogen and oxygen atoms in total. The lowest BCUT2D eigenvalue weighted by atomic mass is 10.2. The van der Waals surface area contributed by atoms with E-state index in [2.05, 4.69) is 10.1 Å². The van der Waals surface area contributed by atoms with E-state index >= 15 is 0 Å². The van der Waals surface area contributed by atoms with Crippen LogP contribution in [0.4, 0.5) is 0 Å². The molecular formula is C12H13N3O3. The van der Waals surface area contributed by atoms with Gasteiger partial charge < -0.3 is 4.74 Å². The molecule has 1 N–H and O–H groups in total. The van der Waals surface area contributed by atoms with Crippen LogP contribution in [0.2, 0.25) is 0 Å². The number of aromatic nitrogens is 3. The minimum atomic E-state index is -0.638. The Morgan fingerprint density at radius 3 is 2.94 bits per heavy atom. The van der Waals surface area contributed by atoms with Crippen molar-refractivity contribution in [1.82, 2.24) is 14.8 Å². The van der Waals surface area contributed by atoms with Crippen molar-refractivity contribution in [2.24, 2.45) is 0 Å². The molecule has 0 atom stereocenters. The number of hydrogen-bond acceptors (Lipinski definition) is 4. The summed E-state index contributed by atoms with van der Waals surface area (Å²) in [6, 6.07) is 7.27. The van der Waals surface area contributed by atoms with E-state index in [0.29, 0.717) is 5.69 Å². The van der Waals surface area contributed by atoms with E-state index in [-0.39, 0.29) is 12.4 Å². The molecule has 94 valence electrons. The smallest absolute Gasteiger partial charge is 0.376 e. The van der Waals surface area contributed by atoms with Gasteiger partial charge in [-0.25, -0.2) is 9.59 Å². The predicted molar refractivity (Wildman–Crippen MR) is 64.9 cm³/mol. The Balaban J connectivity index is 2.41. The fraction of sp³-hybridized carbons (Fsp3) is 0.250. The zero-order valence-electron chi connectivity index (χ0n) is 10.1. The van der Waals surface area contributed by atoms with Crippen molar-refractivity contribution in [3.8, 4) is 5.69 Å². The molecule has 1 heterocycles. The summed E-state index contributed by atoms with van der Waals surface area (Å²) in [6.45, 7) is 3.83. The SMILES string of the molecule is CCOC(=O)c1nn(-c2cccc(C)c2)c(=O)[nH]1. The lowest BCUT2D eigenvalue weighted by Gasteiger charge is -2.00. The number of nitrogens with one attached hydrogen (secondary N) is 1. The number of aromatic amines is 1. The van der Waals surface area contributed by atoms with Crippen molar-refractivity contribution in [2.45, 2.75) is 13.8 Å². The molecule has 0 aliphatic heterocycles. The van der Waals surface area contributed by atoms with Gasteiger partial charge >= 0.3 is 11.7 Å². The summed E-state index contributed by atoms with van der Waals surface area (Å²) in [4.78, 5) is 25.5. The summed E-state index contributed by atoms with van der Waals surface area (Å²) < 4.78 is 5.91. The Bertz CT molecular complexity index is 627. The standard InChI is InChI=1S/C12H13N3O3/c1-3-18-11(16)10-13-12(17)15(14-10)9-6-4-5-8(2)7-9/h4-7H,3H2,1-2H3,(H,13,14,17). The highest BCUT2D eigenvalue weighted by atomic mass is 16.5.